The van der Waals surface area contributed by atoms with Gasteiger partial charge in [-0.25, -0.2) is 8.42 Å². The summed E-state index contributed by atoms with van der Waals surface area (Å²) in [6, 6.07) is 7.48. The first-order chi connectivity index (χ1) is 15.2. The number of hydrogen-bond acceptors (Lipinski definition) is 5. The number of carbonyl (C=O) groups is 2. The lowest BCUT2D eigenvalue weighted by Gasteiger charge is -2.37. The van der Waals surface area contributed by atoms with Crippen molar-refractivity contribution in [2.45, 2.75) is 30.5 Å². The highest BCUT2D eigenvalue weighted by atomic mass is 79.9. The third-order valence-corrected chi connectivity index (χ3v) is 7.45. The van der Waals surface area contributed by atoms with Gasteiger partial charge in [0.1, 0.15) is 11.9 Å². The standard InChI is InChI=1S/C20H17BrF3NO7S/c1-19(17(26)27,18(28)29)9-13-10-25(15-8-12(21)5-6-16(15)32-13)33(30,31)14-4-2-3-11(7-14)20(22,23)24/h2-8,13H,9-10H2,1H3,(H,26,27)(H,28,29)/t13-/m0/s1. The molecule has 0 saturated heterocycles. The van der Waals surface area contributed by atoms with Crippen LogP contribution in [0, 0.1) is 5.41 Å². The molecule has 0 aliphatic carbocycles. The molecule has 0 fully saturated rings. The first kappa shape index (κ1) is 24.8. The minimum atomic E-state index is -4.77. The second-order valence-electron chi connectivity index (χ2n) is 7.56. The third kappa shape index (κ3) is 4.78. The van der Waals surface area contributed by atoms with Crippen LogP contribution in [0.4, 0.5) is 18.9 Å². The van der Waals surface area contributed by atoms with Crippen molar-refractivity contribution >= 4 is 43.6 Å². The molecule has 1 heterocycles. The van der Waals surface area contributed by atoms with Crippen LogP contribution in [-0.4, -0.2) is 43.2 Å². The average molecular weight is 552 g/mol. The molecule has 0 unspecified atom stereocenters. The quantitative estimate of drug-likeness (QED) is 0.520. The molecule has 1 aliphatic rings. The molecule has 13 heteroatoms. The summed E-state index contributed by atoms with van der Waals surface area (Å²) in [5.74, 6) is -3.29. The van der Waals surface area contributed by atoms with Crippen molar-refractivity contribution in [3.63, 3.8) is 0 Å². The van der Waals surface area contributed by atoms with E-state index in [1.54, 1.807) is 0 Å². The fourth-order valence-electron chi connectivity index (χ4n) is 3.30. The van der Waals surface area contributed by atoms with Crippen LogP contribution < -0.4 is 9.04 Å². The van der Waals surface area contributed by atoms with Crippen LogP contribution in [0.15, 0.2) is 51.8 Å². The summed E-state index contributed by atoms with van der Waals surface area (Å²) in [6.07, 6.45) is -6.58. The number of alkyl halides is 3. The molecule has 3 rings (SSSR count). The molecule has 0 bridgehead atoms. The van der Waals surface area contributed by atoms with Crippen molar-refractivity contribution in [1.29, 1.82) is 0 Å². The summed E-state index contributed by atoms with van der Waals surface area (Å²) < 4.78 is 73.1. The van der Waals surface area contributed by atoms with Crippen molar-refractivity contribution in [1.82, 2.24) is 0 Å². The van der Waals surface area contributed by atoms with E-state index in [4.69, 9.17) is 4.74 Å². The molecule has 33 heavy (non-hydrogen) atoms. The Morgan fingerprint density at radius 3 is 2.36 bits per heavy atom. The molecule has 2 N–H and O–H groups in total. The first-order valence-corrected chi connectivity index (χ1v) is 11.5. The molecular weight excluding hydrogens is 535 g/mol. The van der Waals surface area contributed by atoms with Gasteiger partial charge in [0.25, 0.3) is 10.0 Å². The van der Waals surface area contributed by atoms with E-state index in [1.807, 2.05) is 0 Å². The van der Waals surface area contributed by atoms with Crippen LogP contribution in [0.3, 0.4) is 0 Å². The van der Waals surface area contributed by atoms with E-state index in [9.17, 15) is 41.4 Å². The lowest BCUT2D eigenvalue weighted by Crippen LogP contribution is -2.48. The predicted molar refractivity (Wildman–Crippen MR) is 113 cm³/mol. The van der Waals surface area contributed by atoms with E-state index in [0.717, 1.165) is 29.4 Å². The largest absolute Gasteiger partial charge is 0.486 e. The van der Waals surface area contributed by atoms with Crippen molar-refractivity contribution in [2.75, 3.05) is 10.8 Å². The molecule has 0 spiro atoms. The summed E-state index contributed by atoms with van der Waals surface area (Å²) in [5, 5.41) is 18.8. The molecule has 0 amide bonds. The van der Waals surface area contributed by atoms with Crippen LogP contribution >= 0.6 is 15.9 Å². The summed E-state index contributed by atoms with van der Waals surface area (Å²) in [5.41, 5.74) is -3.44. The number of sulfonamides is 1. The maximum atomic E-state index is 13.4. The second-order valence-corrected chi connectivity index (χ2v) is 10.3. The molecule has 0 aromatic heterocycles. The Bertz CT molecular complexity index is 1200. The van der Waals surface area contributed by atoms with E-state index in [2.05, 4.69) is 15.9 Å². The SMILES string of the molecule is CC(C[C@H]1CN(S(=O)(=O)c2cccc(C(F)(F)F)c2)c2cc(Br)ccc2O1)(C(=O)O)C(=O)O. The average Bonchev–Trinajstić information content (AvgIpc) is 2.72. The van der Waals surface area contributed by atoms with Gasteiger partial charge in [-0.2, -0.15) is 13.2 Å². The number of halogens is 4. The number of carboxylic acids is 2. The van der Waals surface area contributed by atoms with Gasteiger partial charge in [-0.1, -0.05) is 22.0 Å². The Hall–Kier alpha value is -2.80. The number of nitrogens with zero attached hydrogens (tertiary/aromatic N) is 1. The summed E-state index contributed by atoms with van der Waals surface area (Å²) in [4.78, 5) is 22.5. The van der Waals surface area contributed by atoms with Crippen LogP contribution in [-0.2, 0) is 25.8 Å². The Labute approximate surface area is 194 Å². The number of ether oxygens (including phenoxy) is 1. The summed E-state index contributed by atoms with van der Waals surface area (Å²) in [6.45, 7) is 0.446. The molecule has 0 radical (unpaired) electrons. The van der Waals surface area contributed by atoms with Gasteiger partial charge in [-0.3, -0.25) is 13.9 Å². The topological polar surface area (TPSA) is 121 Å². The van der Waals surface area contributed by atoms with Crippen LogP contribution in [0.25, 0.3) is 0 Å². The zero-order chi connectivity index (χ0) is 24.8. The normalized spacial score (nSPS) is 16.6. The molecular formula is C20H17BrF3NO7S. The van der Waals surface area contributed by atoms with Gasteiger partial charge in [-0.05, 0) is 43.3 Å². The maximum Gasteiger partial charge on any atom is 0.416 e. The van der Waals surface area contributed by atoms with Crippen molar-refractivity contribution < 1.29 is 46.1 Å². The van der Waals surface area contributed by atoms with Gasteiger partial charge >= 0.3 is 18.1 Å². The van der Waals surface area contributed by atoms with Gasteiger partial charge < -0.3 is 14.9 Å². The third-order valence-electron chi connectivity index (χ3n) is 5.18. The molecule has 2 aromatic carbocycles. The highest BCUT2D eigenvalue weighted by Crippen LogP contribution is 2.41. The minimum absolute atomic E-state index is 0.00290. The van der Waals surface area contributed by atoms with E-state index in [-0.39, 0.29) is 11.4 Å². The van der Waals surface area contributed by atoms with Gasteiger partial charge in [0.2, 0.25) is 0 Å². The Morgan fingerprint density at radius 2 is 1.79 bits per heavy atom. The van der Waals surface area contributed by atoms with Crippen LogP contribution in [0.5, 0.6) is 5.75 Å². The van der Waals surface area contributed by atoms with E-state index in [0.29, 0.717) is 10.5 Å². The minimum Gasteiger partial charge on any atom is -0.486 e. The van der Waals surface area contributed by atoms with Crippen molar-refractivity contribution in [2.24, 2.45) is 5.41 Å². The van der Waals surface area contributed by atoms with Gasteiger partial charge in [0, 0.05) is 10.9 Å². The Morgan fingerprint density at radius 1 is 1.15 bits per heavy atom. The van der Waals surface area contributed by atoms with Gasteiger partial charge in [-0.15, -0.1) is 0 Å². The lowest BCUT2D eigenvalue weighted by atomic mass is 9.84. The lowest BCUT2D eigenvalue weighted by molar-refractivity contribution is -0.165. The Kier molecular flexibility index (Phi) is 6.41. The number of benzene rings is 2. The number of carboxylic acid groups (broad SMARTS) is 2. The van der Waals surface area contributed by atoms with Crippen LogP contribution in [0.2, 0.25) is 0 Å². The zero-order valence-electron chi connectivity index (χ0n) is 16.8. The zero-order valence-corrected chi connectivity index (χ0v) is 19.2. The van der Waals surface area contributed by atoms with Crippen LogP contribution in [0.1, 0.15) is 18.9 Å². The van der Waals surface area contributed by atoms with E-state index < -0.39 is 63.1 Å². The highest BCUT2D eigenvalue weighted by molar-refractivity contribution is 9.10. The summed E-state index contributed by atoms with van der Waals surface area (Å²) >= 11 is 3.20. The second kappa shape index (κ2) is 8.52. The van der Waals surface area contributed by atoms with E-state index in [1.165, 1.54) is 18.2 Å². The van der Waals surface area contributed by atoms with E-state index >= 15 is 0 Å². The predicted octanol–water partition coefficient (Wildman–Crippen LogP) is 3.99. The molecule has 2 aromatic rings. The Balaban J connectivity index is 2.09. The molecule has 1 aliphatic heterocycles. The maximum absolute atomic E-state index is 13.4. The number of fused-ring (bicyclic) bond motifs is 1. The number of anilines is 1. The molecule has 178 valence electrons. The fraction of sp³-hybridized carbons (Fsp3) is 0.300. The monoisotopic (exact) mass is 551 g/mol. The number of aliphatic carboxylic acids is 2. The number of hydrogen-bond donors (Lipinski definition) is 2. The highest BCUT2D eigenvalue weighted by Gasteiger charge is 2.46. The van der Waals surface area contributed by atoms with Crippen molar-refractivity contribution in [3.05, 3.63) is 52.5 Å². The first-order valence-electron chi connectivity index (χ1n) is 9.29. The number of rotatable bonds is 6. The summed E-state index contributed by atoms with van der Waals surface area (Å²) in [7, 11) is -4.57. The molecule has 1 atom stereocenters. The molecule has 8 nitrogen and oxygen atoms in total. The van der Waals surface area contributed by atoms with Gasteiger partial charge in [0.05, 0.1) is 22.7 Å². The fourth-order valence-corrected chi connectivity index (χ4v) is 5.19. The van der Waals surface area contributed by atoms with Crippen molar-refractivity contribution in [3.8, 4) is 5.75 Å². The molecule has 0 saturated carbocycles. The van der Waals surface area contributed by atoms with Gasteiger partial charge in [0.15, 0.2) is 5.41 Å². The smallest absolute Gasteiger partial charge is 0.416 e.